The molecule has 0 spiro atoms. The first-order valence-corrected chi connectivity index (χ1v) is 4.84. The molecule has 2 aromatic heterocycles. The van der Waals surface area contributed by atoms with Gasteiger partial charge in [-0.2, -0.15) is 0 Å². The Balaban J connectivity index is 2.44. The fourth-order valence-electron chi connectivity index (χ4n) is 1.15. The van der Waals surface area contributed by atoms with Gasteiger partial charge in [0.05, 0.1) is 28.8 Å². The maximum Gasteiger partial charge on any atom is 0.0996 e. The Morgan fingerprint density at radius 3 is 3.00 bits per heavy atom. The van der Waals surface area contributed by atoms with Gasteiger partial charge in [0, 0.05) is 18.6 Å². The van der Waals surface area contributed by atoms with E-state index in [1.807, 2.05) is 10.6 Å². The number of imidazole rings is 1. The van der Waals surface area contributed by atoms with Gasteiger partial charge in [0.1, 0.15) is 0 Å². The van der Waals surface area contributed by atoms with E-state index in [1.165, 1.54) is 0 Å². The fraction of sp³-hybridized carbons (Fsp3) is 0.111. The summed E-state index contributed by atoms with van der Waals surface area (Å²) in [5.74, 6) is 0. The molecule has 1 N–H and O–H groups in total. The van der Waals surface area contributed by atoms with Gasteiger partial charge >= 0.3 is 0 Å². The molecule has 0 fully saturated rings. The normalized spacial score (nSPS) is 10.4. The molecule has 0 radical (unpaired) electrons. The maximum atomic E-state index is 8.87. The second kappa shape index (κ2) is 3.89. The highest BCUT2D eigenvalue weighted by Gasteiger charge is 2.02. The molecule has 0 aliphatic carbocycles. The quantitative estimate of drug-likeness (QED) is 0.883. The third kappa shape index (κ3) is 1.69. The van der Waals surface area contributed by atoms with Crippen LogP contribution in [0, 0.1) is 0 Å². The molecule has 2 rings (SSSR count). The smallest absolute Gasteiger partial charge is 0.0996 e. The maximum absolute atomic E-state index is 8.87. The Kier molecular flexibility index (Phi) is 2.60. The van der Waals surface area contributed by atoms with Crippen molar-refractivity contribution in [2.75, 3.05) is 0 Å². The predicted octanol–water partition coefficient (Wildman–Crippen LogP) is 1.52. The van der Waals surface area contributed by atoms with E-state index in [0.29, 0.717) is 5.69 Å². The summed E-state index contributed by atoms with van der Waals surface area (Å²) in [6.07, 6.45) is 6.86. The van der Waals surface area contributed by atoms with Gasteiger partial charge in [-0.05, 0) is 22.0 Å². The van der Waals surface area contributed by atoms with Crippen LogP contribution in [-0.2, 0) is 6.61 Å². The van der Waals surface area contributed by atoms with E-state index in [2.05, 4.69) is 25.9 Å². The van der Waals surface area contributed by atoms with Gasteiger partial charge in [0.25, 0.3) is 0 Å². The summed E-state index contributed by atoms with van der Waals surface area (Å²) in [6, 6.07) is 1.87. The minimum absolute atomic E-state index is 0.0459. The Labute approximate surface area is 89.4 Å². The third-order valence-electron chi connectivity index (χ3n) is 1.83. The molecule has 2 heterocycles. The van der Waals surface area contributed by atoms with Crippen molar-refractivity contribution in [3.8, 4) is 5.69 Å². The number of halogens is 1. The summed E-state index contributed by atoms with van der Waals surface area (Å²) in [5, 5.41) is 8.87. The lowest BCUT2D eigenvalue weighted by Crippen LogP contribution is -1.91. The summed E-state index contributed by atoms with van der Waals surface area (Å²) >= 11 is 3.39. The molecule has 0 unspecified atom stereocenters. The number of rotatable bonds is 2. The molecule has 2 aromatic rings. The van der Waals surface area contributed by atoms with Gasteiger partial charge in [-0.15, -0.1) is 0 Å². The summed E-state index contributed by atoms with van der Waals surface area (Å²) < 4.78 is 2.72. The standard InChI is InChI=1S/C9H8BrN3O/c10-8-3-11-2-1-9(8)13-4-7(5-14)12-6-13/h1-4,6,14H,5H2. The molecule has 0 bridgehead atoms. The van der Waals surface area contributed by atoms with Crippen molar-refractivity contribution in [3.05, 3.63) is 41.2 Å². The first kappa shape index (κ1) is 9.36. The van der Waals surface area contributed by atoms with Crippen molar-refractivity contribution >= 4 is 15.9 Å². The minimum atomic E-state index is -0.0459. The van der Waals surface area contributed by atoms with Crippen molar-refractivity contribution in [2.24, 2.45) is 0 Å². The van der Waals surface area contributed by atoms with Gasteiger partial charge in [0.2, 0.25) is 0 Å². The third-order valence-corrected chi connectivity index (χ3v) is 2.44. The van der Waals surface area contributed by atoms with Gasteiger partial charge < -0.3 is 9.67 Å². The molecule has 0 saturated carbocycles. The molecule has 14 heavy (non-hydrogen) atoms. The largest absolute Gasteiger partial charge is 0.390 e. The van der Waals surface area contributed by atoms with E-state index < -0.39 is 0 Å². The Bertz CT molecular complexity index is 441. The molecule has 0 saturated heterocycles. The van der Waals surface area contributed by atoms with Crippen LogP contribution in [-0.4, -0.2) is 19.6 Å². The Morgan fingerprint density at radius 2 is 2.36 bits per heavy atom. The molecule has 72 valence electrons. The van der Waals surface area contributed by atoms with Crippen LogP contribution >= 0.6 is 15.9 Å². The second-order valence-electron chi connectivity index (χ2n) is 2.76. The zero-order valence-corrected chi connectivity index (χ0v) is 8.85. The minimum Gasteiger partial charge on any atom is -0.390 e. The highest BCUT2D eigenvalue weighted by molar-refractivity contribution is 9.10. The van der Waals surface area contributed by atoms with Crippen molar-refractivity contribution in [2.45, 2.75) is 6.61 Å². The first-order valence-electron chi connectivity index (χ1n) is 4.05. The molecule has 5 heteroatoms. The molecule has 0 aliphatic rings. The number of aliphatic hydroxyl groups excluding tert-OH is 1. The fourth-order valence-corrected chi connectivity index (χ4v) is 1.61. The molecule has 0 atom stereocenters. The molecule has 0 aliphatic heterocycles. The Hall–Kier alpha value is -1.20. The van der Waals surface area contributed by atoms with Gasteiger partial charge in [-0.1, -0.05) is 0 Å². The van der Waals surface area contributed by atoms with Crippen LogP contribution in [0.3, 0.4) is 0 Å². The lowest BCUT2D eigenvalue weighted by Gasteiger charge is -2.02. The van der Waals surface area contributed by atoms with Gasteiger partial charge in [-0.25, -0.2) is 4.98 Å². The topological polar surface area (TPSA) is 50.9 Å². The highest BCUT2D eigenvalue weighted by atomic mass is 79.9. The number of pyridine rings is 1. The number of aromatic nitrogens is 3. The predicted molar refractivity (Wildman–Crippen MR) is 55.0 cm³/mol. The van der Waals surface area contributed by atoms with Crippen LogP contribution in [0.25, 0.3) is 5.69 Å². The summed E-state index contributed by atoms with van der Waals surface area (Å²) in [6.45, 7) is -0.0459. The van der Waals surface area contributed by atoms with E-state index in [-0.39, 0.29) is 6.61 Å². The average molecular weight is 254 g/mol. The van der Waals surface area contributed by atoms with Crippen LogP contribution in [0.2, 0.25) is 0 Å². The van der Waals surface area contributed by atoms with Crippen molar-refractivity contribution in [3.63, 3.8) is 0 Å². The van der Waals surface area contributed by atoms with Crippen LogP contribution in [0.1, 0.15) is 5.69 Å². The average Bonchev–Trinajstić information content (AvgIpc) is 2.67. The van der Waals surface area contributed by atoms with Crippen molar-refractivity contribution in [1.29, 1.82) is 0 Å². The zero-order valence-electron chi connectivity index (χ0n) is 7.26. The highest BCUT2D eigenvalue weighted by Crippen LogP contribution is 2.19. The molecule has 4 nitrogen and oxygen atoms in total. The Morgan fingerprint density at radius 1 is 1.50 bits per heavy atom. The first-order chi connectivity index (χ1) is 6.81. The van der Waals surface area contributed by atoms with Gasteiger partial charge in [-0.3, -0.25) is 4.98 Å². The number of nitrogens with zero attached hydrogens (tertiary/aromatic N) is 3. The van der Waals surface area contributed by atoms with E-state index >= 15 is 0 Å². The molecule has 0 aromatic carbocycles. The SMILES string of the molecule is OCc1cn(-c2ccncc2Br)cn1. The summed E-state index contributed by atoms with van der Waals surface area (Å²) in [7, 11) is 0. The number of hydrogen-bond donors (Lipinski definition) is 1. The van der Waals surface area contributed by atoms with Crippen LogP contribution in [0.15, 0.2) is 35.5 Å². The van der Waals surface area contributed by atoms with Crippen LogP contribution in [0.5, 0.6) is 0 Å². The van der Waals surface area contributed by atoms with Crippen LogP contribution in [0.4, 0.5) is 0 Å². The van der Waals surface area contributed by atoms with E-state index in [0.717, 1.165) is 10.2 Å². The number of aliphatic hydroxyl groups is 1. The number of hydrogen-bond acceptors (Lipinski definition) is 3. The van der Waals surface area contributed by atoms with E-state index in [4.69, 9.17) is 5.11 Å². The summed E-state index contributed by atoms with van der Waals surface area (Å²) in [5.41, 5.74) is 1.60. The molecular formula is C9H8BrN3O. The monoisotopic (exact) mass is 253 g/mol. The second-order valence-corrected chi connectivity index (χ2v) is 3.61. The zero-order chi connectivity index (χ0) is 9.97. The van der Waals surface area contributed by atoms with Crippen LogP contribution < -0.4 is 0 Å². The molecule has 0 amide bonds. The summed E-state index contributed by atoms with van der Waals surface area (Å²) in [4.78, 5) is 7.99. The lowest BCUT2D eigenvalue weighted by molar-refractivity contribution is 0.277. The van der Waals surface area contributed by atoms with E-state index in [1.54, 1.807) is 24.9 Å². The van der Waals surface area contributed by atoms with Crippen molar-refractivity contribution < 1.29 is 5.11 Å². The lowest BCUT2D eigenvalue weighted by atomic mass is 10.4. The van der Waals surface area contributed by atoms with Crippen molar-refractivity contribution in [1.82, 2.24) is 14.5 Å². The van der Waals surface area contributed by atoms with E-state index in [9.17, 15) is 0 Å². The molecular weight excluding hydrogens is 246 g/mol. The van der Waals surface area contributed by atoms with Gasteiger partial charge in [0.15, 0.2) is 0 Å².